The van der Waals surface area contributed by atoms with E-state index in [0.29, 0.717) is 0 Å². The van der Waals surface area contributed by atoms with Crippen LogP contribution in [0.3, 0.4) is 0 Å². The standard InChI is InChI=1S/C11H12BrIN2O.ClH/c12-8-1-2-10(13)9(7-8)11(16)15-5-3-14-4-6-15;/h1-2,7,14H,3-6H2;1H. The third kappa shape index (κ3) is 3.81. The molecule has 0 spiro atoms. The minimum Gasteiger partial charge on any atom is -0.336 e. The van der Waals surface area contributed by atoms with Gasteiger partial charge in [-0.15, -0.1) is 12.4 Å². The number of carbonyl (C=O) groups is 1. The van der Waals surface area contributed by atoms with Gasteiger partial charge in [0.15, 0.2) is 0 Å². The van der Waals surface area contributed by atoms with Crippen LogP contribution in [0.1, 0.15) is 10.4 Å². The molecule has 1 amide bonds. The Bertz CT molecular complexity index is 410. The first kappa shape index (κ1) is 15.2. The molecule has 3 nitrogen and oxygen atoms in total. The third-order valence-corrected chi connectivity index (χ3v) is 4.00. The fourth-order valence-electron chi connectivity index (χ4n) is 1.70. The highest BCUT2D eigenvalue weighted by Crippen LogP contribution is 2.20. The first-order chi connectivity index (χ1) is 7.68. The number of piperazine rings is 1. The predicted molar refractivity (Wildman–Crippen MR) is 82.9 cm³/mol. The molecule has 0 saturated carbocycles. The number of carbonyl (C=O) groups excluding carboxylic acids is 1. The van der Waals surface area contributed by atoms with E-state index in [1.807, 2.05) is 23.1 Å². The van der Waals surface area contributed by atoms with Gasteiger partial charge in [-0.2, -0.15) is 0 Å². The lowest BCUT2D eigenvalue weighted by molar-refractivity contribution is 0.0734. The normalized spacial score (nSPS) is 15.3. The van der Waals surface area contributed by atoms with Gasteiger partial charge in [-0.25, -0.2) is 0 Å². The minimum absolute atomic E-state index is 0. The van der Waals surface area contributed by atoms with Gasteiger partial charge in [-0.05, 0) is 40.8 Å². The summed E-state index contributed by atoms with van der Waals surface area (Å²) >= 11 is 5.61. The number of amides is 1. The minimum atomic E-state index is 0. The van der Waals surface area contributed by atoms with Crippen LogP contribution in [0.4, 0.5) is 0 Å². The predicted octanol–water partition coefficient (Wildman–Crippen LogP) is 2.52. The molecule has 0 radical (unpaired) electrons. The largest absolute Gasteiger partial charge is 0.336 e. The third-order valence-electron chi connectivity index (χ3n) is 2.56. The molecule has 1 heterocycles. The van der Waals surface area contributed by atoms with Crippen molar-refractivity contribution in [2.24, 2.45) is 0 Å². The molecule has 2 rings (SSSR count). The smallest absolute Gasteiger partial charge is 0.255 e. The average molecular weight is 431 g/mol. The van der Waals surface area contributed by atoms with E-state index in [-0.39, 0.29) is 18.3 Å². The number of hydrogen-bond acceptors (Lipinski definition) is 2. The lowest BCUT2D eigenvalue weighted by Crippen LogP contribution is -2.46. The van der Waals surface area contributed by atoms with Crippen LogP contribution >= 0.6 is 50.9 Å². The maximum atomic E-state index is 12.2. The molecule has 6 heteroatoms. The number of benzene rings is 1. The Balaban J connectivity index is 0.00000144. The quantitative estimate of drug-likeness (QED) is 0.694. The summed E-state index contributed by atoms with van der Waals surface area (Å²) in [5.41, 5.74) is 0.789. The highest BCUT2D eigenvalue weighted by Gasteiger charge is 2.19. The van der Waals surface area contributed by atoms with E-state index in [4.69, 9.17) is 0 Å². The van der Waals surface area contributed by atoms with Crippen LogP contribution in [0.2, 0.25) is 0 Å². The molecular weight excluding hydrogens is 418 g/mol. The second kappa shape index (κ2) is 6.92. The lowest BCUT2D eigenvalue weighted by Gasteiger charge is -2.27. The zero-order valence-corrected chi connectivity index (χ0v) is 13.6. The van der Waals surface area contributed by atoms with Crippen molar-refractivity contribution in [1.29, 1.82) is 0 Å². The van der Waals surface area contributed by atoms with Crippen molar-refractivity contribution in [2.45, 2.75) is 0 Å². The molecule has 0 aliphatic carbocycles. The number of nitrogens with one attached hydrogen (secondary N) is 1. The Morgan fingerprint density at radius 2 is 2.00 bits per heavy atom. The second-order valence-electron chi connectivity index (χ2n) is 3.67. The molecule has 0 unspecified atom stereocenters. The molecule has 1 aromatic carbocycles. The SMILES string of the molecule is Cl.O=C(c1cc(Br)ccc1I)N1CCNCC1. The van der Waals surface area contributed by atoms with E-state index in [1.54, 1.807) is 0 Å². The van der Waals surface area contributed by atoms with Gasteiger partial charge >= 0.3 is 0 Å². The van der Waals surface area contributed by atoms with Crippen molar-refractivity contribution in [3.63, 3.8) is 0 Å². The summed E-state index contributed by atoms with van der Waals surface area (Å²) < 4.78 is 1.95. The molecular formula is C11H13BrClIN2O. The Kier molecular flexibility index (Phi) is 6.19. The molecule has 17 heavy (non-hydrogen) atoms. The number of hydrogen-bond donors (Lipinski definition) is 1. The summed E-state index contributed by atoms with van der Waals surface area (Å²) in [5.74, 6) is 0.132. The fourth-order valence-corrected chi connectivity index (χ4v) is 2.63. The molecule has 0 aromatic heterocycles. The van der Waals surface area contributed by atoms with Gasteiger partial charge in [0.2, 0.25) is 0 Å². The molecule has 1 aromatic rings. The van der Waals surface area contributed by atoms with Crippen LogP contribution in [-0.4, -0.2) is 37.0 Å². The fraction of sp³-hybridized carbons (Fsp3) is 0.364. The average Bonchev–Trinajstić information content (AvgIpc) is 2.32. The van der Waals surface area contributed by atoms with E-state index >= 15 is 0 Å². The molecule has 1 aliphatic rings. The van der Waals surface area contributed by atoms with E-state index < -0.39 is 0 Å². The van der Waals surface area contributed by atoms with Crippen molar-refractivity contribution in [1.82, 2.24) is 10.2 Å². The number of halogens is 3. The van der Waals surface area contributed by atoms with E-state index in [2.05, 4.69) is 43.8 Å². The Morgan fingerprint density at radius 3 is 2.65 bits per heavy atom. The number of nitrogens with zero attached hydrogens (tertiary/aromatic N) is 1. The lowest BCUT2D eigenvalue weighted by atomic mass is 10.2. The van der Waals surface area contributed by atoms with E-state index in [9.17, 15) is 4.79 Å². The van der Waals surface area contributed by atoms with Crippen molar-refractivity contribution in [2.75, 3.05) is 26.2 Å². The van der Waals surface area contributed by atoms with Gasteiger partial charge in [0.05, 0.1) is 5.56 Å². The topological polar surface area (TPSA) is 32.3 Å². The molecule has 94 valence electrons. The van der Waals surface area contributed by atoms with Crippen molar-refractivity contribution in [3.8, 4) is 0 Å². The summed E-state index contributed by atoms with van der Waals surface area (Å²) in [4.78, 5) is 14.1. The Labute approximate surface area is 129 Å². The molecule has 1 aliphatic heterocycles. The summed E-state index contributed by atoms with van der Waals surface area (Å²) in [6, 6.07) is 5.81. The van der Waals surface area contributed by atoms with Crippen LogP contribution in [0.5, 0.6) is 0 Å². The highest BCUT2D eigenvalue weighted by molar-refractivity contribution is 14.1. The van der Waals surface area contributed by atoms with Crippen molar-refractivity contribution >= 4 is 56.8 Å². The molecule has 0 bridgehead atoms. The Hall–Kier alpha value is 0.150. The van der Waals surface area contributed by atoms with Crippen LogP contribution in [0.25, 0.3) is 0 Å². The molecule has 1 saturated heterocycles. The number of rotatable bonds is 1. The first-order valence-electron chi connectivity index (χ1n) is 5.13. The van der Waals surface area contributed by atoms with Gasteiger partial charge in [-0.1, -0.05) is 15.9 Å². The zero-order valence-electron chi connectivity index (χ0n) is 9.08. The van der Waals surface area contributed by atoms with Crippen LogP contribution < -0.4 is 5.32 Å². The molecule has 0 atom stereocenters. The van der Waals surface area contributed by atoms with Gasteiger partial charge in [-0.3, -0.25) is 4.79 Å². The molecule has 1 N–H and O–H groups in total. The maximum Gasteiger partial charge on any atom is 0.255 e. The second-order valence-corrected chi connectivity index (χ2v) is 5.74. The van der Waals surface area contributed by atoms with Crippen LogP contribution in [-0.2, 0) is 0 Å². The van der Waals surface area contributed by atoms with Crippen LogP contribution in [0.15, 0.2) is 22.7 Å². The summed E-state index contributed by atoms with van der Waals surface area (Å²) in [6.07, 6.45) is 0. The van der Waals surface area contributed by atoms with Crippen molar-refractivity contribution in [3.05, 3.63) is 31.8 Å². The van der Waals surface area contributed by atoms with Gasteiger partial charge in [0.25, 0.3) is 5.91 Å². The summed E-state index contributed by atoms with van der Waals surface area (Å²) in [7, 11) is 0. The monoisotopic (exact) mass is 430 g/mol. The van der Waals surface area contributed by atoms with Gasteiger partial charge in [0.1, 0.15) is 0 Å². The maximum absolute atomic E-state index is 12.2. The highest BCUT2D eigenvalue weighted by atomic mass is 127. The zero-order chi connectivity index (χ0) is 11.5. The Morgan fingerprint density at radius 1 is 1.35 bits per heavy atom. The summed E-state index contributed by atoms with van der Waals surface area (Å²) in [6.45, 7) is 3.36. The molecule has 1 fully saturated rings. The van der Waals surface area contributed by atoms with Crippen LogP contribution in [0, 0.1) is 3.57 Å². The first-order valence-corrected chi connectivity index (χ1v) is 7.01. The van der Waals surface area contributed by atoms with E-state index in [0.717, 1.165) is 39.8 Å². The van der Waals surface area contributed by atoms with Gasteiger partial charge in [0, 0.05) is 34.2 Å². The van der Waals surface area contributed by atoms with E-state index in [1.165, 1.54) is 0 Å². The summed E-state index contributed by atoms with van der Waals surface area (Å²) in [5, 5.41) is 3.24. The van der Waals surface area contributed by atoms with Crippen molar-refractivity contribution < 1.29 is 4.79 Å². The van der Waals surface area contributed by atoms with Gasteiger partial charge < -0.3 is 10.2 Å².